The van der Waals surface area contributed by atoms with E-state index in [1.807, 2.05) is 18.2 Å². The molecular weight excluding hydrogens is 266 g/mol. The summed E-state index contributed by atoms with van der Waals surface area (Å²) in [7, 11) is 0. The molecule has 0 unspecified atom stereocenters. The van der Waals surface area contributed by atoms with Gasteiger partial charge in [-0.3, -0.25) is 0 Å². The Labute approximate surface area is 109 Å². The molecule has 0 aromatic heterocycles. The number of aromatic hydroxyl groups is 1. The zero-order chi connectivity index (χ0) is 11.8. The molecule has 1 aliphatic carbocycles. The smallest absolute Gasteiger partial charge is 0.157 e. The summed E-state index contributed by atoms with van der Waals surface area (Å²) in [5.74, 6) is 0.233. The average Bonchev–Trinajstić information content (AvgIpc) is 2.23. The predicted octanol–water partition coefficient (Wildman–Crippen LogP) is 4.48. The number of allylic oxidation sites excluding steroid dienone is 4. The first kappa shape index (κ1) is 11.8. The quantitative estimate of drug-likeness (QED) is 0.749. The van der Waals surface area contributed by atoms with Crippen molar-refractivity contribution in [1.82, 2.24) is 0 Å². The van der Waals surface area contributed by atoms with Crippen LogP contribution in [0.4, 0.5) is 0 Å². The Morgan fingerprint density at radius 3 is 2.25 bits per heavy atom. The number of benzene rings is 1. The Hall–Kier alpha value is -0.630. The van der Waals surface area contributed by atoms with Crippen molar-refractivity contribution in [2.75, 3.05) is 0 Å². The minimum atomic E-state index is -1.05. The highest BCUT2D eigenvalue weighted by molar-refractivity contribution is 6.56. The van der Waals surface area contributed by atoms with Crippen LogP contribution in [0.15, 0.2) is 41.4 Å². The Bertz CT molecular complexity index is 458. The summed E-state index contributed by atoms with van der Waals surface area (Å²) in [5.41, 5.74) is 1.97. The molecule has 1 nitrogen and oxygen atoms in total. The maximum absolute atomic E-state index is 9.20. The van der Waals surface area contributed by atoms with Crippen LogP contribution in [-0.4, -0.2) is 9.44 Å². The number of alkyl halides is 2. The number of halogens is 3. The number of hydrogen-bond donors (Lipinski definition) is 1. The molecule has 84 valence electrons. The fourth-order valence-corrected chi connectivity index (χ4v) is 2.10. The van der Waals surface area contributed by atoms with Crippen molar-refractivity contribution < 1.29 is 5.11 Å². The molecule has 0 saturated heterocycles. The zero-order valence-electron chi connectivity index (χ0n) is 8.25. The first-order valence-electron chi connectivity index (χ1n) is 4.73. The maximum Gasteiger partial charge on any atom is 0.157 e. The minimum Gasteiger partial charge on any atom is -0.508 e. The van der Waals surface area contributed by atoms with E-state index in [9.17, 15) is 5.11 Å². The van der Waals surface area contributed by atoms with Crippen LogP contribution < -0.4 is 0 Å². The van der Waals surface area contributed by atoms with Crippen LogP contribution in [0.3, 0.4) is 0 Å². The van der Waals surface area contributed by atoms with Crippen LogP contribution in [0, 0.1) is 0 Å². The van der Waals surface area contributed by atoms with Gasteiger partial charge in [0.2, 0.25) is 0 Å². The summed E-state index contributed by atoms with van der Waals surface area (Å²) in [6, 6.07) is 6.89. The molecule has 0 aliphatic heterocycles. The molecule has 16 heavy (non-hydrogen) atoms. The van der Waals surface area contributed by atoms with Gasteiger partial charge in [-0.15, -0.1) is 0 Å². The Kier molecular flexibility index (Phi) is 3.20. The van der Waals surface area contributed by atoms with E-state index in [2.05, 4.69) is 0 Å². The molecule has 1 aliphatic rings. The lowest BCUT2D eigenvalue weighted by atomic mass is 9.97. The van der Waals surface area contributed by atoms with Crippen molar-refractivity contribution in [2.24, 2.45) is 0 Å². The van der Waals surface area contributed by atoms with Crippen LogP contribution in [0.1, 0.15) is 12.0 Å². The van der Waals surface area contributed by atoms with E-state index >= 15 is 0 Å². The molecule has 1 aromatic carbocycles. The SMILES string of the molecule is Oc1ccc(C2=CC=C(Cl)C(Cl)(Cl)C2)cc1. The van der Waals surface area contributed by atoms with E-state index in [0.717, 1.165) is 11.1 Å². The second-order valence-corrected chi connectivity index (χ2v) is 5.53. The molecule has 4 heteroatoms. The largest absolute Gasteiger partial charge is 0.508 e. The third kappa shape index (κ3) is 2.37. The molecule has 0 atom stereocenters. The van der Waals surface area contributed by atoms with Crippen molar-refractivity contribution in [3.63, 3.8) is 0 Å². The lowest BCUT2D eigenvalue weighted by Crippen LogP contribution is -2.16. The Morgan fingerprint density at radius 2 is 1.69 bits per heavy atom. The normalized spacial score (nSPS) is 18.9. The van der Waals surface area contributed by atoms with Gasteiger partial charge in [-0.2, -0.15) is 0 Å². The van der Waals surface area contributed by atoms with Crippen LogP contribution in [-0.2, 0) is 0 Å². The summed E-state index contributed by atoms with van der Waals surface area (Å²) < 4.78 is -1.05. The van der Waals surface area contributed by atoms with Gasteiger partial charge < -0.3 is 5.11 Å². The van der Waals surface area contributed by atoms with E-state index in [-0.39, 0.29) is 5.75 Å². The lowest BCUT2D eigenvalue weighted by Gasteiger charge is -2.24. The highest BCUT2D eigenvalue weighted by atomic mass is 35.5. The van der Waals surface area contributed by atoms with E-state index in [0.29, 0.717) is 11.5 Å². The molecule has 0 amide bonds. The van der Waals surface area contributed by atoms with Crippen LogP contribution >= 0.6 is 34.8 Å². The molecule has 1 N–H and O–H groups in total. The monoisotopic (exact) mass is 274 g/mol. The highest BCUT2D eigenvalue weighted by Gasteiger charge is 2.31. The second kappa shape index (κ2) is 4.33. The standard InChI is InChI=1S/C12H9Cl3O/c13-11-6-3-9(7-12(11,14)15)8-1-4-10(16)5-2-8/h1-6,16H,7H2. The summed E-state index contributed by atoms with van der Waals surface area (Å²) in [5, 5.41) is 9.62. The van der Waals surface area contributed by atoms with Crippen LogP contribution in [0.25, 0.3) is 5.57 Å². The van der Waals surface area contributed by atoms with Gasteiger partial charge >= 0.3 is 0 Å². The number of hydrogen-bond acceptors (Lipinski definition) is 1. The molecular formula is C12H9Cl3O. The van der Waals surface area contributed by atoms with Gasteiger partial charge in [0.05, 0.1) is 5.03 Å². The molecule has 0 bridgehead atoms. The van der Waals surface area contributed by atoms with Crippen molar-refractivity contribution >= 4 is 40.4 Å². The third-order valence-electron chi connectivity index (χ3n) is 2.43. The molecule has 0 heterocycles. The Morgan fingerprint density at radius 1 is 1.06 bits per heavy atom. The van der Waals surface area contributed by atoms with E-state index in [1.54, 1.807) is 18.2 Å². The topological polar surface area (TPSA) is 20.2 Å². The van der Waals surface area contributed by atoms with Gasteiger partial charge in [-0.05, 0) is 29.3 Å². The summed E-state index contributed by atoms with van der Waals surface area (Å²) in [4.78, 5) is 0. The Balaban J connectivity index is 2.34. The van der Waals surface area contributed by atoms with Crippen molar-refractivity contribution in [3.8, 4) is 5.75 Å². The first-order chi connectivity index (χ1) is 7.49. The first-order valence-corrected chi connectivity index (χ1v) is 5.86. The lowest BCUT2D eigenvalue weighted by molar-refractivity contribution is 0.475. The zero-order valence-corrected chi connectivity index (χ0v) is 10.5. The second-order valence-electron chi connectivity index (χ2n) is 3.63. The van der Waals surface area contributed by atoms with Gasteiger partial charge in [-0.25, -0.2) is 0 Å². The fourth-order valence-electron chi connectivity index (χ4n) is 1.55. The van der Waals surface area contributed by atoms with E-state index in [1.165, 1.54) is 0 Å². The summed E-state index contributed by atoms with van der Waals surface area (Å²) in [6.07, 6.45) is 4.04. The third-order valence-corrected chi connectivity index (χ3v) is 3.75. The van der Waals surface area contributed by atoms with Crippen molar-refractivity contribution in [3.05, 3.63) is 47.0 Å². The highest BCUT2D eigenvalue weighted by Crippen LogP contribution is 2.44. The van der Waals surface area contributed by atoms with Gasteiger partial charge in [0.15, 0.2) is 4.33 Å². The van der Waals surface area contributed by atoms with E-state index in [4.69, 9.17) is 34.8 Å². The summed E-state index contributed by atoms with van der Waals surface area (Å²) >= 11 is 18.0. The van der Waals surface area contributed by atoms with Crippen LogP contribution in [0.2, 0.25) is 0 Å². The molecule has 2 rings (SSSR count). The summed E-state index contributed by atoms with van der Waals surface area (Å²) in [6.45, 7) is 0. The van der Waals surface area contributed by atoms with Crippen LogP contribution in [0.5, 0.6) is 5.75 Å². The van der Waals surface area contributed by atoms with Crippen molar-refractivity contribution in [2.45, 2.75) is 10.8 Å². The molecule has 0 saturated carbocycles. The van der Waals surface area contributed by atoms with Gasteiger partial charge in [0.1, 0.15) is 5.75 Å². The molecule has 0 fully saturated rings. The average molecular weight is 276 g/mol. The number of phenolic OH excluding ortho intramolecular Hbond substituents is 1. The van der Waals surface area contributed by atoms with Gasteiger partial charge in [-0.1, -0.05) is 53.0 Å². The maximum atomic E-state index is 9.20. The predicted molar refractivity (Wildman–Crippen MR) is 69.1 cm³/mol. The number of rotatable bonds is 1. The van der Waals surface area contributed by atoms with Gasteiger partial charge in [0, 0.05) is 6.42 Å². The van der Waals surface area contributed by atoms with Crippen molar-refractivity contribution in [1.29, 1.82) is 0 Å². The van der Waals surface area contributed by atoms with E-state index < -0.39 is 4.33 Å². The fraction of sp³-hybridized carbons (Fsp3) is 0.167. The minimum absolute atomic E-state index is 0.233. The molecule has 0 radical (unpaired) electrons. The molecule has 1 aromatic rings. The van der Waals surface area contributed by atoms with Gasteiger partial charge in [0.25, 0.3) is 0 Å². The number of phenols is 1. The molecule has 0 spiro atoms.